The first-order valence-corrected chi connectivity index (χ1v) is 7.46. The third-order valence-electron chi connectivity index (χ3n) is 3.60. The maximum absolute atomic E-state index is 12.2. The van der Waals surface area contributed by atoms with Gasteiger partial charge in [0.1, 0.15) is 5.69 Å². The van der Waals surface area contributed by atoms with Crippen LogP contribution in [0.2, 0.25) is 0 Å². The maximum Gasteiger partial charge on any atom is 0.376 e. The Morgan fingerprint density at radius 1 is 1.29 bits per heavy atom. The molecule has 0 spiro atoms. The van der Waals surface area contributed by atoms with Crippen molar-refractivity contribution in [3.05, 3.63) is 42.4 Å². The predicted molar refractivity (Wildman–Crippen MR) is 85.8 cm³/mol. The van der Waals surface area contributed by atoms with Gasteiger partial charge in [0.15, 0.2) is 17.1 Å². The lowest BCUT2D eigenvalue weighted by Crippen LogP contribution is -2.06. The molecule has 1 aliphatic heterocycles. The van der Waals surface area contributed by atoms with E-state index in [0.29, 0.717) is 22.8 Å². The van der Waals surface area contributed by atoms with Gasteiger partial charge in [0.25, 0.3) is 0 Å². The number of nitrogens with zero attached hydrogens (tertiary/aromatic N) is 1. The molecular weight excluding hydrogens is 312 g/mol. The second kappa shape index (κ2) is 5.77. The molecule has 4 rings (SSSR count). The van der Waals surface area contributed by atoms with E-state index in [1.165, 1.54) is 0 Å². The van der Waals surface area contributed by atoms with E-state index >= 15 is 0 Å². The summed E-state index contributed by atoms with van der Waals surface area (Å²) in [6.45, 7) is 2.21. The van der Waals surface area contributed by atoms with Crippen LogP contribution in [0.4, 0.5) is 11.4 Å². The fourth-order valence-corrected chi connectivity index (χ4v) is 2.53. The summed E-state index contributed by atoms with van der Waals surface area (Å²) < 4.78 is 21.4. The zero-order valence-electron chi connectivity index (χ0n) is 12.9. The molecule has 3 aromatic rings. The molecule has 0 unspecified atom stereocenters. The fraction of sp³-hybridized carbons (Fsp3) is 0.176. The van der Waals surface area contributed by atoms with Crippen molar-refractivity contribution in [2.75, 3.05) is 18.7 Å². The molecule has 0 atom stereocenters. The topological polar surface area (TPSA) is 82.8 Å². The molecule has 0 saturated carbocycles. The lowest BCUT2D eigenvalue weighted by atomic mass is 10.2. The SMILES string of the molecule is CCOC(=O)c1oc2cnccc2c1Nc1ccc2c(c1)OCO2. The second-order valence-corrected chi connectivity index (χ2v) is 5.09. The van der Waals surface area contributed by atoms with Gasteiger partial charge in [-0.15, -0.1) is 0 Å². The van der Waals surface area contributed by atoms with Crippen LogP contribution >= 0.6 is 0 Å². The standard InChI is InChI=1S/C17H14N2O5/c1-2-21-17(20)16-15(11-5-6-18-8-14(11)24-16)19-10-3-4-12-13(7-10)23-9-22-12/h3-8,19H,2,9H2,1H3. The van der Waals surface area contributed by atoms with E-state index < -0.39 is 5.97 Å². The van der Waals surface area contributed by atoms with E-state index in [0.717, 1.165) is 11.1 Å². The number of pyridine rings is 1. The van der Waals surface area contributed by atoms with E-state index in [4.69, 9.17) is 18.6 Å². The van der Waals surface area contributed by atoms with Gasteiger partial charge in [-0.25, -0.2) is 4.79 Å². The van der Waals surface area contributed by atoms with Crippen LogP contribution in [-0.4, -0.2) is 24.4 Å². The van der Waals surface area contributed by atoms with Crippen LogP contribution in [0.3, 0.4) is 0 Å². The summed E-state index contributed by atoms with van der Waals surface area (Å²) >= 11 is 0. The number of furan rings is 1. The first-order valence-electron chi connectivity index (χ1n) is 7.46. The number of carbonyl (C=O) groups excluding carboxylic acids is 1. The number of aromatic nitrogens is 1. The van der Waals surface area contributed by atoms with Gasteiger partial charge in [-0.2, -0.15) is 0 Å². The Hall–Kier alpha value is -3.22. The van der Waals surface area contributed by atoms with Crippen molar-refractivity contribution < 1.29 is 23.4 Å². The van der Waals surface area contributed by atoms with Crippen molar-refractivity contribution in [2.24, 2.45) is 0 Å². The first-order chi connectivity index (χ1) is 11.8. The van der Waals surface area contributed by atoms with Gasteiger partial charge >= 0.3 is 5.97 Å². The number of hydrogen-bond acceptors (Lipinski definition) is 7. The third kappa shape index (κ3) is 2.40. The summed E-state index contributed by atoms with van der Waals surface area (Å²) in [4.78, 5) is 16.2. The minimum absolute atomic E-state index is 0.109. The average Bonchev–Trinajstić information content (AvgIpc) is 3.20. The molecule has 7 nitrogen and oxygen atoms in total. The molecule has 1 aliphatic rings. The summed E-state index contributed by atoms with van der Waals surface area (Å²) in [5.74, 6) is 0.911. The number of benzene rings is 1. The molecule has 0 aliphatic carbocycles. The van der Waals surface area contributed by atoms with Gasteiger partial charge in [0, 0.05) is 23.3 Å². The molecule has 122 valence electrons. The Balaban J connectivity index is 1.77. The summed E-state index contributed by atoms with van der Waals surface area (Å²) in [6, 6.07) is 7.22. The largest absolute Gasteiger partial charge is 0.460 e. The summed E-state index contributed by atoms with van der Waals surface area (Å²) in [7, 11) is 0. The molecule has 0 fully saturated rings. The van der Waals surface area contributed by atoms with E-state index in [-0.39, 0.29) is 19.2 Å². The van der Waals surface area contributed by atoms with E-state index in [2.05, 4.69) is 10.3 Å². The van der Waals surface area contributed by atoms with Crippen molar-refractivity contribution in [2.45, 2.75) is 6.92 Å². The maximum atomic E-state index is 12.2. The number of nitrogens with one attached hydrogen (secondary N) is 1. The summed E-state index contributed by atoms with van der Waals surface area (Å²) in [6.07, 6.45) is 3.19. The Morgan fingerprint density at radius 2 is 2.17 bits per heavy atom. The van der Waals surface area contributed by atoms with Crippen molar-refractivity contribution in [1.29, 1.82) is 0 Å². The van der Waals surface area contributed by atoms with Crippen molar-refractivity contribution in [3.8, 4) is 11.5 Å². The number of rotatable bonds is 4. The number of fused-ring (bicyclic) bond motifs is 2. The molecule has 0 amide bonds. The van der Waals surface area contributed by atoms with Gasteiger partial charge in [-0.3, -0.25) is 4.98 Å². The van der Waals surface area contributed by atoms with Gasteiger partial charge in [-0.05, 0) is 25.1 Å². The quantitative estimate of drug-likeness (QED) is 0.735. The molecule has 7 heteroatoms. The predicted octanol–water partition coefficient (Wildman–Crippen LogP) is 3.48. The van der Waals surface area contributed by atoms with E-state index in [1.807, 2.05) is 6.07 Å². The Labute approximate surface area is 137 Å². The Bertz CT molecular complexity index is 918. The van der Waals surface area contributed by atoms with Crippen LogP contribution in [0.25, 0.3) is 11.0 Å². The Kier molecular flexibility index (Phi) is 3.45. The highest BCUT2D eigenvalue weighted by Crippen LogP contribution is 2.38. The average molecular weight is 326 g/mol. The van der Waals surface area contributed by atoms with Crippen LogP contribution in [0, 0.1) is 0 Å². The zero-order chi connectivity index (χ0) is 16.5. The molecule has 1 aromatic carbocycles. The minimum Gasteiger partial charge on any atom is -0.460 e. The molecular formula is C17H14N2O5. The monoisotopic (exact) mass is 326 g/mol. The highest BCUT2D eigenvalue weighted by atomic mass is 16.7. The highest BCUT2D eigenvalue weighted by Gasteiger charge is 2.23. The zero-order valence-corrected chi connectivity index (χ0v) is 12.9. The summed E-state index contributed by atoms with van der Waals surface area (Å²) in [5, 5.41) is 3.95. The lowest BCUT2D eigenvalue weighted by molar-refractivity contribution is 0.0494. The lowest BCUT2D eigenvalue weighted by Gasteiger charge is -2.08. The molecule has 3 heterocycles. The van der Waals surface area contributed by atoms with Gasteiger partial charge in [0.2, 0.25) is 12.6 Å². The van der Waals surface area contributed by atoms with Gasteiger partial charge in [0.05, 0.1) is 12.8 Å². The fourth-order valence-electron chi connectivity index (χ4n) is 2.53. The van der Waals surface area contributed by atoms with Crippen LogP contribution in [0.5, 0.6) is 11.5 Å². The van der Waals surface area contributed by atoms with Crippen LogP contribution in [-0.2, 0) is 4.74 Å². The Morgan fingerprint density at radius 3 is 3.04 bits per heavy atom. The van der Waals surface area contributed by atoms with Crippen molar-refractivity contribution >= 4 is 28.3 Å². The van der Waals surface area contributed by atoms with E-state index in [1.54, 1.807) is 37.5 Å². The number of hydrogen-bond donors (Lipinski definition) is 1. The number of esters is 1. The first kappa shape index (κ1) is 14.4. The number of carbonyl (C=O) groups is 1. The van der Waals surface area contributed by atoms with Crippen molar-refractivity contribution in [1.82, 2.24) is 4.98 Å². The van der Waals surface area contributed by atoms with Crippen molar-refractivity contribution in [3.63, 3.8) is 0 Å². The minimum atomic E-state index is -0.531. The highest BCUT2D eigenvalue weighted by molar-refractivity contribution is 6.05. The molecule has 0 radical (unpaired) electrons. The molecule has 24 heavy (non-hydrogen) atoms. The molecule has 0 saturated heterocycles. The van der Waals surface area contributed by atoms with Crippen LogP contribution in [0.15, 0.2) is 41.1 Å². The third-order valence-corrected chi connectivity index (χ3v) is 3.60. The smallest absolute Gasteiger partial charge is 0.376 e. The molecule has 1 N–H and O–H groups in total. The second-order valence-electron chi connectivity index (χ2n) is 5.09. The van der Waals surface area contributed by atoms with Crippen LogP contribution < -0.4 is 14.8 Å². The van der Waals surface area contributed by atoms with E-state index in [9.17, 15) is 4.79 Å². The van der Waals surface area contributed by atoms with Crippen LogP contribution in [0.1, 0.15) is 17.5 Å². The van der Waals surface area contributed by atoms with Gasteiger partial charge < -0.3 is 23.9 Å². The number of ether oxygens (including phenoxy) is 3. The normalized spacial score (nSPS) is 12.4. The summed E-state index contributed by atoms with van der Waals surface area (Å²) in [5.41, 5.74) is 1.78. The molecule has 0 bridgehead atoms. The number of anilines is 2. The van der Waals surface area contributed by atoms with Gasteiger partial charge in [-0.1, -0.05) is 0 Å². The molecule has 2 aromatic heterocycles.